The summed E-state index contributed by atoms with van der Waals surface area (Å²) in [6.07, 6.45) is -1.48. The molecule has 0 aliphatic rings. The minimum absolute atomic E-state index is 0. The molecule has 1 radical (unpaired) electrons. The fourth-order valence-corrected chi connectivity index (χ4v) is 7.77. The van der Waals surface area contributed by atoms with E-state index in [2.05, 4.69) is 50.0 Å². The normalized spacial score (nSPS) is 11.3. The maximum atomic E-state index is 12.5. The molecule has 0 aliphatic heterocycles. The fraction of sp³-hybridized carbons (Fsp3) is 0.150. The molecule has 20 nitrogen and oxygen atoms in total. The van der Waals surface area contributed by atoms with E-state index in [1.807, 2.05) is 0 Å². The maximum Gasteiger partial charge on any atom is 3.00 e. The van der Waals surface area contributed by atoms with Crippen molar-refractivity contribution < 1.29 is 103 Å². The Balaban J connectivity index is 0.000000330. The van der Waals surface area contributed by atoms with Gasteiger partial charge in [-0.2, -0.15) is 20.5 Å². The largest absolute Gasteiger partial charge is 3.00 e. The van der Waals surface area contributed by atoms with Gasteiger partial charge in [-0.05, 0) is 47.2 Å². The van der Waals surface area contributed by atoms with Crippen LogP contribution in [0.2, 0.25) is 0 Å². The number of benzene rings is 6. The van der Waals surface area contributed by atoms with E-state index in [9.17, 15) is 46.9 Å². The van der Waals surface area contributed by atoms with Crippen LogP contribution < -0.4 is 70.1 Å². The standard InChI is InChI=1S/2C20H20N4O6S.Cr.Na/c2*1-3-21-31(28,29)13-8-10-16(25)15(11-13)23-24-19-17(26)9-7-12-5-4-6-14(18(12)19)22-20(27)30-2;;/h2*4-11,21,25-26H,3H2,1-2H3,(H,22,27);;/q;;+3;+1/p-4. The van der Waals surface area contributed by atoms with E-state index in [1.165, 1.54) is 26.4 Å². The number of hydrogen-bond donors (Lipinski definition) is 4. The van der Waals surface area contributed by atoms with E-state index < -0.39 is 55.2 Å². The molecule has 4 N–H and O–H groups in total. The zero-order valence-electron chi connectivity index (χ0n) is 34.6. The summed E-state index contributed by atoms with van der Waals surface area (Å²) in [5.41, 5.74) is -0.223. The van der Waals surface area contributed by atoms with Crippen LogP contribution in [0.1, 0.15) is 13.8 Å². The number of methoxy groups -OCH3 is 2. The van der Waals surface area contributed by atoms with Gasteiger partial charge in [-0.1, -0.05) is 97.5 Å². The second-order valence-corrected chi connectivity index (χ2v) is 16.1. The summed E-state index contributed by atoms with van der Waals surface area (Å²) in [4.78, 5) is 23.0. The van der Waals surface area contributed by atoms with Gasteiger partial charge in [0.1, 0.15) is 0 Å². The van der Waals surface area contributed by atoms with Crippen LogP contribution in [0.4, 0.5) is 43.7 Å². The van der Waals surface area contributed by atoms with Gasteiger partial charge in [0.15, 0.2) is 0 Å². The summed E-state index contributed by atoms with van der Waals surface area (Å²) >= 11 is 0. The molecule has 0 unspecified atom stereocenters. The molecule has 0 fully saturated rings. The predicted molar refractivity (Wildman–Crippen MR) is 221 cm³/mol. The van der Waals surface area contributed by atoms with Crippen molar-refractivity contribution in [1.82, 2.24) is 9.44 Å². The summed E-state index contributed by atoms with van der Waals surface area (Å²) in [6.45, 7) is 3.58. The van der Waals surface area contributed by atoms with Crippen LogP contribution in [0.3, 0.4) is 0 Å². The number of anilines is 2. The summed E-state index contributed by atoms with van der Waals surface area (Å²) in [7, 11) is -5.23. The van der Waals surface area contributed by atoms with Crippen molar-refractivity contribution in [3.63, 3.8) is 0 Å². The zero-order chi connectivity index (χ0) is 45.2. The van der Waals surface area contributed by atoms with Gasteiger partial charge in [0.05, 0.1) is 58.1 Å². The SMILES string of the molecule is CCNS(=O)(=O)c1ccc([O-])c(N=Nc2c([O-])ccc3cccc(NC(=O)OC)c23)c1.CCNS(=O)(=O)c1ccc([O-])c(N=Nc2c([O-])ccc3cccc(NC(=O)OC)c23)c1.[Cr+3].[Na+]. The van der Waals surface area contributed by atoms with E-state index >= 15 is 0 Å². The van der Waals surface area contributed by atoms with Gasteiger partial charge in [-0.25, -0.2) is 35.9 Å². The molecule has 0 atom stereocenters. The van der Waals surface area contributed by atoms with Crippen molar-refractivity contribution in [2.75, 3.05) is 37.9 Å². The average Bonchev–Trinajstić information content (AvgIpc) is 3.24. The Morgan fingerprint density at radius 1 is 0.547 bits per heavy atom. The van der Waals surface area contributed by atoms with Crippen LogP contribution in [-0.2, 0) is 46.9 Å². The van der Waals surface area contributed by atoms with E-state index in [4.69, 9.17) is 0 Å². The van der Waals surface area contributed by atoms with Crippen LogP contribution in [0, 0.1) is 0 Å². The molecule has 2 amide bonds. The third-order valence-electron chi connectivity index (χ3n) is 8.47. The van der Waals surface area contributed by atoms with E-state index in [0.29, 0.717) is 21.5 Å². The van der Waals surface area contributed by atoms with Crippen LogP contribution in [0.25, 0.3) is 21.5 Å². The molecule has 6 aromatic rings. The van der Waals surface area contributed by atoms with E-state index in [-0.39, 0.29) is 104 Å². The maximum absolute atomic E-state index is 12.5. The van der Waals surface area contributed by atoms with Crippen molar-refractivity contribution in [1.29, 1.82) is 0 Å². The number of hydrogen-bond acceptors (Lipinski definition) is 16. The molecule has 0 aliphatic carbocycles. The molecule has 6 aromatic carbocycles. The summed E-state index contributed by atoms with van der Waals surface area (Å²) in [5, 5.41) is 71.6. The number of amides is 2. The Hall–Kier alpha value is -5.87. The van der Waals surface area contributed by atoms with Gasteiger partial charge in [0.2, 0.25) is 20.0 Å². The van der Waals surface area contributed by atoms with Crippen molar-refractivity contribution in [3.05, 3.63) is 97.1 Å². The fourth-order valence-electron chi connectivity index (χ4n) is 5.65. The van der Waals surface area contributed by atoms with Crippen molar-refractivity contribution >= 4 is 87.9 Å². The summed E-state index contributed by atoms with van der Waals surface area (Å²) in [5.74, 6) is -2.14. The van der Waals surface area contributed by atoms with Crippen LogP contribution in [0.5, 0.6) is 23.0 Å². The van der Waals surface area contributed by atoms with Gasteiger partial charge in [-0.3, -0.25) is 10.6 Å². The monoisotopic (exact) mass is 959 g/mol. The predicted octanol–water partition coefficient (Wildman–Crippen LogP) is 2.76. The molecule has 0 heterocycles. The first-order valence-electron chi connectivity index (χ1n) is 18.1. The molecule has 6 rings (SSSR count). The summed E-state index contributed by atoms with van der Waals surface area (Å²) in [6, 6.07) is 22.1. The van der Waals surface area contributed by atoms with Gasteiger partial charge in [0, 0.05) is 23.9 Å². The Kier molecular flexibility index (Phi) is 19.0. The van der Waals surface area contributed by atoms with Crippen molar-refractivity contribution in [2.45, 2.75) is 23.6 Å². The third kappa shape index (κ3) is 12.7. The molecular formula is C40H36CrN8NaO12S2. The van der Waals surface area contributed by atoms with Gasteiger partial charge in [0.25, 0.3) is 0 Å². The second kappa shape index (κ2) is 23.2. The molecule has 0 aromatic heterocycles. The number of carbonyl (C=O) groups excluding carboxylic acids is 2. The third-order valence-corrected chi connectivity index (χ3v) is 11.6. The molecule has 24 heteroatoms. The van der Waals surface area contributed by atoms with Crippen molar-refractivity contribution in [3.8, 4) is 23.0 Å². The van der Waals surface area contributed by atoms with Crippen LogP contribution in [-0.4, -0.2) is 56.3 Å². The quantitative estimate of drug-likeness (QED) is 0.102. The summed E-state index contributed by atoms with van der Waals surface area (Å²) < 4.78 is 62.6. The first-order chi connectivity index (χ1) is 29.5. The number of carbonyl (C=O) groups is 2. The molecule has 0 spiro atoms. The second-order valence-electron chi connectivity index (χ2n) is 12.5. The number of nitrogens with zero attached hydrogens (tertiary/aromatic N) is 4. The Morgan fingerprint density at radius 3 is 1.25 bits per heavy atom. The first kappa shape index (κ1) is 52.5. The minimum Gasteiger partial charge on any atom is -0.871 e. The van der Waals surface area contributed by atoms with Gasteiger partial charge >= 0.3 is 59.1 Å². The van der Waals surface area contributed by atoms with Crippen molar-refractivity contribution in [2.24, 2.45) is 20.5 Å². The van der Waals surface area contributed by atoms with Crippen LogP contribution in [0.15, 0.2) is 127 Å². The van der Waals surface area contributed by atoms with E-state index in [1.54, 1.807) is 62.4 Å². The average molecular weight is 960 g/mol. The molecule has 0 bridgehead atoms. The number of sulfonamides is 2. The zero-order valence-corrected chi connectivity index (χ0v) is 39.5. The number of rotatable bonds is 12. The smallest absolute Gasteiger partial charge is 0.871 e. The van der Waals surface area contributed by atoms with Gasteiger partial charge in [-0.15, -0.1) is 0 Å². The van der Waals surface area contributed by atoms with Gasteiger partial charge < -0.3 is 29.9 Å². The number of nitrogens with one attached hydrogen (secondary N) is 4. The molecule has 0 saturated heterocycles. The number of fused-ring (bicyclic) bond motifs is 2. The Bertz CT molecular complexity index is 2760. The Labute approximate surface area is 400 Å². The number of azo groups is 2. The molecular weight excluding hydrogens is 924 g/mol. The Morgan fingerprint density at radius 2 is 0.906 bits per heavy atom. The topological polar surface area (TPSA) is 311 Å². The van der Waals surface area contributed by atoms with Crippen LogP contribution >= 0.6 is 0 Å². The molecule has 0 saturated carbocycles. The first-order valence-corrected chi connectivity index (χ1v) is 21.1. The minimum atomic E-state index is -3.81. The van der Waals surface area contributed by atoms with E-state index in [0.717, 1.165) is 36.4 Å². The number of ether oxygens (including phenoxy) is 2. The molecule has 64 heavy (non-hydrogen) atoms. The molecule has 327 valence electrons.